The molecule has 94 heavy (non-hydrogen) atoms. The summed E-state index contributed by atoms with van der Waals surface area (Å²) in [6, 6.07) is 0. The van der Waals surface area contributed by atoms with E-state index in [2.05, 4.69) is 148 Å². The van der Waals surface area contributed by atoms with Gasteiger partial charge in [-0.05, 0) is 109 Å². The number of rotatable bonds is 71. The van der Waals surface area contributed by atoms with E-state index in [1.807, 2.05) is 21.1 Å². The average Bonchev–Trinajstić information content (AvgIpc) is 1.56. The molecular weight excluding hydrogens is 1180 g/mol. The Morgan fingerprint density at radius 2 is 0.574 bits per heavy atom. The second-order valence-corrected chi connectivity index (χ2v) is 28.4. The maximum Gasteiger partial charge on any atom is 0.306 e. The second-order valence-electron chi connectivity index (χ2n) is 27.0. The number of hydrogen-bond donors (Lipinski definition) is 0. The highest BCUT2D eigenvalue weighted by molar-refractivity contribution is 7.45. The number of quaternary nitrogens is 1. The van der Waals surface area contributed by atoms with Crippen molar-refractivity contribution >= 4 is 19.8 Å². The number of ether oxygens (including phenoxy) is 2. The number of unbranched alkanes of at least 4 members (excludes halogenated alkanes) is 35. The standard InChI is InChI=1S/C84H146NO8P/c1-6-8-10-12-14-16-18-20-22-24-26-28-30-32-34-36-38-40-41-42-43-45-46-48-50-52-54-56-58-60-62-64-66-68-70-72-74-76-83(86)90-80-82(81-92-94(88,89)91-79-78-85(3,4)5)93-84(87)77-75-73-71-69-67-65-63-61-59-57-55-53-51-49-47-44-39-37-35-33-31-29-27-25-23-21-19-17-15-13-11-9-7-2/h8-11,14-17,20-23,26-29,32-35,39,44,82H,6-7,12-13,18-19,24-25,30-31,36-38,40-43,45-81H2,1-5H3/b10-8-,11-9-,16-14-,17-15-,22-20-,23-21-,28-26-,29-27-,34-32-,35-33-,44-39-. The molecule has 0 N–H and O–H groups in total. The van der Waals surface area contributed by atoms with Crippen molar-refractivity contribution in [3.63, 3.8) is 0 Å². The van der Waals surface area contributed by atoms with Crippen LogP contribution in [0.3, 0.4) is 0 Å². The molecule has 0 fully saturated rings. The summed E-state index contributed by atoms with van der Waals surface area (Å²) in [6.07, 6.45) is 107. The SMILES string of the molecule is CC/C=C\C/C=C\C/C=C\C/C=C\C/C=C\C/C=C\CCCCCCCCCCCCCCCCC(=O)OC(COC(=O)CCCCCCCCCCCCCCCCCCCCCCC/C=C\C/C=C\C/C=C\C/C=C\C/C=C\CC)COP(=O)([O-])OCC[N+](C)(C)C. The smallest absolute Gasteiger partial charge is 0.306 e. The zero-order valence-electron chi connectivity index (χ0n) is 61.6. The van der Waals surface area contributed by atoms with Crippen LogP contribution in [-0.4, -0.2) is 70.0 Å². The minimum Gasteiger partial charge on any atom is -0.756 e. The summed E-state index contributed by atoms with van der Waals surface area (Å²) in [7, 11) is 1.17. The third-order valence-electron chi connectivity index (χ3n) is 16.7. The Morgan fingerprint density at radius 1 is 0.330 bits per heavy atom. The summed E-state index contributed by atoms with van der Waals surface area (Å²) in [5, 5.41) is 0. The Morgan fingerprint density at radius 3 is 0.851 bits per heavy atom. The monoisotopic (exact) mass is 1330 g/mol. The molecule has 0 aromatic carbocycles. The van der Waals surface area contributed by atoms with E-state index in [0.29, 0.717) is 17.4 Å². The van der Waals surface area contributed by atoms with Gasteiger partial charge >= 0.3 is 11.9 Å². The minimum atomic E-state index is -4.65. The van der Waals surface area contributed by atoms with E-state index in [1.165, 1.54) is 193 Å². The van der Waals surface area contributed by atoms with E-state index in [-0.39, 0.29) is 32.0 Å². The Balaban J connectivity index is 3.98. The Labute approximate surface area is 581 Å². The molecule has 0 amide bonds. The lowest BCUT2D eigenvalue weighted by molar-refractivity contribution is -0.870. The van der Waals surface area contributed by atoms with E-state index >= 15 is 0 Å². The number of nitrogens with zero attached hydrogens (tertiary/aromatic N) is 1. The van der Waals surface area contributed by atoms with Crippen LogP contribution in [0.4, 0.5) is 0 Å². The number of hydrogen-bond acceptors (Lipinski definition) is 8. The predicted molar refractivity (Wildman–Crippen MR) is 406 cm³/mol. The first-order chi connectivity index (χ1) is 46.0. The molecule has 9 nitrogen and oxygen atoms in total. The molecule has 2 unspecified atom stereocenters. The number of phosphoric acid groups is 1. The lowest BCUT2D eigenvalue weighted by Gasteiger charge is -2.28. The van der Waals surface area contributed by atoms with Crippen molar-refractivity contribution in [3.05, 3.63) is 134 Å². The first-order valence-electron chi connectivity index (χ1n) is 38.9. The molecule has 0 bridgehead atoms. The third kappa shape index (κ3) is 77.2. The van der Waals surface area contributed by atoms with Gasteiger partial charge in [-0.25, -0.2) is 0 Å². The molecule has 2 atom stereocenters. The van der Waals surface area contributed by atoms with Crippen LogP contribution in [0.5, 0.6) is 0 Å². The molecule has 0 radical (unpaired) electrons. The summed E-state index contributed by atoms with van der Waals surface area (Å²) in [6.45, 7) is 4.04. The van der Waals surface area contributed by atoms with Crippen molar-refractivity contribution in [2.45, 2.75) is 341 Å². The number of carbonyl (C=O) groups excluding carboxylic acids is 2. The highest BCUT2D eigenvalue weighted by Crippen LogP contribution is 2.38. The minimum absolute atomic E-state index is 0.0338. The molecule has 0 aromatic heterocycles. The Hall–Kier alpha value is -3.85. The molecule has 0 saturated carbocycles. The average molecular weight is 1330 g/mol. The molecule has 10 heteroatoms. The van der Waals surface area contributed by atoms with Gasteiger partial charge in [-0.3, -0.25) is 14.2 Å². The number of carbonyl (C=O) groups is 2. The third-order valence-corrected chi connectivity index (χ3v) is 17.6. The van der Waals surface area contributed by atoms with Gasteiger partial charge in [-0.2, -0.15) is 0 Å². The molecule has 0 saturated heterocycles. The van der Waals surface area contributed by atoms with Gasteiger partial charge < -0.3 is 27.9 Å². The molecular formula is C84H146NO8P. The number of likely N-dealkylation sites (N-methyl/N-ethyl adjacent to an activating group) is 1. The number of esters is 2. The number of allylic oxidation sites excluding steroid dienone is 22. The highest BCUT2D eigenvalue weighted by atomic mass is 31.2. The quantitative estimate of drug-likeness (QED) is 0.0195. The van der Waals surface area contributed by atoms with Crippen molar-refractivity contribution in [2.75, 3.05) is 47.5 Å². The van der Waals surface area contributed by atoms with Gasteiger partial charge in [-0.15, -0.1) is 0 Å². The van der Waals surface area contributed by atoms with Gasteiger partial charge in [0, 0.05) is 12.8 Å². The molecule has 0 aromatic rings. The van der Waals surface area contributed by atoms with Crippen LogP contribution >= 0.6 is 7.82 Å². The van der Waals surface area contributed by atoms with Gasteiger partial charge in [0.15, 0.2) is 6.10 Å². The van der Waals surface area contributed by atoms with Crippen LogP contribution in [0.2, 0.25) is 0 Å². The van der Waals surface area contributed by atoms with Gasteiger partial charge in [0.05, 0.1) is 27.7 Å². The van der Waals surface area contributed by atoms with E-state index in [1.54, 1.807) is 0 Å². The Bertz CT molecular complexity index is 2050. The lowest BCUT2D eigenvalue weighted by Crippen LogP contribution is -2.37. The summed E-state index contributed by atoms with van der Waals surface area (Å²) in [5.41, 5.74) is 0. The zero-order chi connectivity index (χ0) is 68.3. The summed E-state index contributed by atoms with van der Waals surface area (Å²) < 4.78 is 34.4. The van der Waals surface area contributed by atoms with Gasteiger partial charge in [0.2, 0.25) is 0 Å². The maximum absolute atomic E-state index is 12.9. The van der Waals surface area contributed by atoms with E-state index in [9.17, 15) is 19.0 Å². The fraction of sp³-hybridized carbons (Fsp3) is 0.714. The van der Waals surface area contributed by atoms with E-state index < -0.39 is 26.5 Å². The normalized spacial score (nSPS) is 13.8. The maximum atomic E-state index is 12.9. The lowest BCUT2D eigenvalue weighted by atomic mass is 10.0. The summed E-state index contributed by atoms with van der Waals surface area (Å²) >= 11 is 0. The van der Waals surface area contributed by atoms with Crippen LogP contribution in [0.1, 0.15) is 335 Å². The van der Waals surface area contributed by atoms with Crippen LogP contribution in [0.15, 0.2) is 134 Å². The molecule has 0 aliphatic heterocycles. The summed E-state index contributed by atoms with van der Waals surface area (Å²) in [5.74, 6) is -0.825. The van der Waals surface area contributed by atoms with Crippen molar-refractivity contribution < 1.29 is 42.1 Å². The van der Waals surface area contributed by atoms with Gasteiger partial charge in [0.1, 0.15) is 19.8 Å². The van der Waals surface area contributed by atoms with Crippen molar-refractivity contribution in [2.24, 2.45) is 0 Å². The van der Waals surface area contributed by atoms with Crippen molar-refractivity contribution in [1.82, 2.24) is 0 Å². The van der Waals surface area contributed by atoms with Crippen molar-refractivity contribution in [3.8, 4) is 0 Å². The molecule has 0 heterocycles. The van der Waals surface area contributed by atoms with Crippen LogP contribution in [-0.2, 0) is 32.7 Å². The van der Waals surface area contributed by atoms with Gasteiger partial charge in [0.25, 0.3) is 7.82 Å². The Kier molecular flexibility index (Phi) is 70.4. The largest absolute Gasteiger partial charge is 0.756 e. The molecule has 0 aliphatic carbocycles. The van der Waals surface area contributed by atoms with Crippen LogP contribution < -0.4 is 4.89 Å². The topological polar surface area (TPSA) is 111 Å². The first-order valence-corrected chi connectivity index (χ1v) is 40.4. The van der Waals surface area contributed by atoms with E-state index in [4.69, 9.17) is 18.5 Å². The fourth-order valence-corrected chi connectivity index (χ4v) is 11.5. The highest BCUT2D eigenvalue weighted by Gasteiger charge is 2.22. The first kappa shape index (κ1) is 90.2. The van der Waals surface area contributed by atoms with Crippen molar-refractivity contribution in [1.29, 1.82) is 0 Å². The van der Waals surface area contributed by atoms with E-state index in [0.717, 1.165) is 109 Å². The van der Waals surface area contributed by atoms with Gasteiger partial charge in [-0.1, -0.05) is 347 Å². The fourth-order valence-electron chi connectivity index (χ4n) is 10.8. The molecule has 0 aliphatic rings. The van der Waals surface area contributed by atoms with Crippen LogP contribution in [0.25, 0.3) is 0 Å². The predicted octanol–water partition coefficient (Wildman–Crippen LogP) is 25.3. The second kappa shape index (κ2) is 73.4. The molecule has 0 spiro atoms. The number of phosphoric ester groups is 1. The van der Waals surface area contributed by atoms with Crippen LogP contribution in [0, 0.1) is 0 Å². The molecule has 540 valence electrons. The zero-order valence-corrected chi connectivity index (χ0v) is 62.5. The summed E-state index contributed by atoms with van der Waals surface area (Å²) in [4.78, 5) is 38.2. The molecule has 0 rings (SSSR count).